The van der Waals surface area contributed by atoms with Gasteiger partial charge < -0.3 is 4.74 Å². The Balaban J connectivity index is 1.77. The lowest BCUT2D eigenvalue weighted by Gasteiger charge is -2.06. The van der Waals surface area contributed by atoms with E-state index in [1.807, 2.05) is 11.4 Å². The van der Waals surface area contributed by atoms with E-state index in [-0.39, 0.29) is 11.1 Å². The molecule has 0 fully saturated rings. The van der Waals surface area contributed by atoms with Gasteiger partial charge >= 0.3 is 5.97 Å². The number of carbonyl (C=O) groups excluding carboxylic acids is 1. The lowest BCUT2D eigenvalue weighted by atomic mass is 10.2. The van der Waals surface area contributed by atoms with Crippen LogP contribution < -0.4 is 0 Å². The Labute approximate surface area is 122 Å². The summed E-state index contributed by atoms with van der Waals surface area (Å²) in [5, 5.41) is 2.69. The summed E-state index contributed by atoms with van der Waals surface area (Å²) in [5.41, 5.74) is -0.0203. The summed E-state index contributed by atoms with van der Waals surface area (Å²) in [6, 6.07) is 6.96. The van der Waals surface area contributed by atoms with Gasteiger partial charge in [-0.1, -0.05) is 6.07 Å². The number of ether oxygens (including phenoxy) is 1. The van der Waals surface area contributed by atoms with E-state index in [9.17, 15) is 13.6 Å². The third kappa shape index (κ3) is 2.75. The first-order valence-electron chi connectivity index (χ1n) is 6.08. The van der Waals surface area contributed by atoms with Crippen LogP contribution in [0.1, 0.15) is 15.9 Å². The van der Waals surface area contributed by atoms with Gasteiger partial charge in [-0.2, -0.15) is 0 Å². The van der Waals surface area contributed by atoms with Crippen molar-refractivity contribution in [2.24, 2.45) is 0 Å². The van der Waals surface area contributed by atoms with Crippen LogP contribution >= 0.6 is 11.3 Å². The van der Waals surface area contributed by atoms with E-state index < -0.39 is 24.2 Å². The number of pyridine rings is 1. The van der Waals surface area contributed by atoms with Crippen LogP contribution in [0.5, 0.6) is 0 Å². The van der Waals surface area contributed by atoms with Crippen molar-refractivity contribution in [3.63, 3.8) is 0 Å². The molecule has 3 aromatic rings. The molecule has 0 saturated heterocycles. The molecule has 2 heterocycles. The molecule has 2 aromatic heterocycles. The molecule has 106 valence electrons. The average molecular weight is 305 g/mol. The first-order valence-corrected chi connectivity index (χ1v) is 6.96. The number of nitrogens with zero attached hydrogens (tertiary/aromatic N) is 1. The fourth-order valence-corrected chi connectivity index (χ4v) is 2.58. The van der Waals surface area contributed by atoms with E-state index in [1.54, 1.807) is 6.07 Å². The average Bonchev–Trinajstić information content (AvgIpc) is 2.93. The molecule has 0 aliphatic heterocycles. The quantitative estimate of drug-likeness (QED) is 0.688. The highest BCUT2D eigenvalue weighted by Crippen LogP contribution is 2.20. The van der Waals surface area contributed by atoms with E-state index in [1.165, 1.54) is 23.6 Å². The van der Waals surface area contributed by atoms with E-state index in [0.29, 0.717) is 0 Å². The maximum Gasteiger partial charge on any atom is 0.340 e. The van der Waals surface area contributed by atoms with E-state index in [4.69, 9.17) is 4.74 Å². The molecule has 0 radical (unpaired) electrons. The Morgan fingerprint density at radius 1 is 1.24 bits per heavy atom. The maximum atomic E-state index is 13.4. The zero-order valence-corrected chi connectivity index (χ0v) is 11.5. The van der Waals surface area contributed by atoms with E-state index >= 15 is 0 Å². The Morgan fingerprint density at radius 3 is 2.76 bits per heavy atom. The summed E-state index contributed by atoms with van der Waals surface area (Å²) >= 11 is 1.46. The number of esters is 1. The lowest BCUT2D eigenvalue weighted by Crippen LogP contribution is -2.07. The summed E-state index contributed by atoms with van der Waals surface area (Å²) in [6.07, 6.45) is 1.39. The molecular weight excluding hydrogens is 296 g/mol. The fourth-order valence-electron chi connectivity index (χ4n) is 1.86. The highest BCUT2D eigenvalue weighted by atomic mass is 32.1. The first kappa shape index (κ1) is 13.6. The van der Waals surface area contributed by atoms with Crippen molar-refractivity contribution in [1.82, 2.24) is 4.98 Å². The Bertz CT molecular complexity index is 796. The minimum atomic E-state index is -0.741. The van der Waals surface area contributed by atoms with Crippen LogP contribution in [0, 0.1) is 11.6 Å². The Hall–Kier alpha value is -2.34. The van der Waals surface area contributed by atoms with Crippen molar-refractivity contribution < 1.29 is 18.3 Å². The minimum Gasteiger partial charge on any atom is -0.457 e. The van der Waals surface area contributed by atoms with Crippen molar-refractivity contribution in [3.05, 3.63) is 64.7 Å². The fraction of sp³-hybridized carbons (Fsp3) is 0.0667. The monoisotopic (exact) mass is 305 g/mol. The molecule has 0 aliphatic carbocycles. The summed E-state index contributed by atoms with van der Waals surface area (Å²) in [4.78, 5) is 16.8. The smallest absolute Gasteiger partial charge is 0.340 e. The van der Waals surface area contributed by atoms with Crippen LogP contribution in [0.25, 0.3) is 10.2 Å². The molecule has 3 nitrogen and oxygen atoms in total. The molecule has 1 aromatic carbocycles. The number of halogens is 2. The summed E-state index contributed by atoms with van der Waals surface area (Å²) in [5.74, 6) is -2.15. The Morgan fingerprint density at radius 2 is 2.00 bits per heavy atom. The van der Waals surface area contributed by atoms with Crippen molar-refractivity contribution >= 4 is 27.5 Å². The number of hydrogen-bond donors (Lipinski definition) is 0. The molecule has 3 rings (SSSR count). The number of aromatic nitrogens is 1. The number of fused-ring (bicyclic) bond motifs is 1. The predicted octanol–water partition coefficient (Wildman–Crippen LogP) is 3.93. The molecule has 0 N–H and O–H groups in total. The summed E-state index contributed by atoms with van der Waals surface area (Å²) < 4.78 is 31.8. The zero-order valence-electron chi connectivity index (χ0n) is 10.7. The van der Waals surface area contributed by atoms with Gasteiger partial charge in [0.2, 0.25) is 0 Å². The van der Waals surface area contributed by atoms with Gasteiger partial charge in [-0.3, -0.25) is 0 Å². The minimum absolute atomic E-state index is 0.248. The largest absolute Gasteiger partial charge is 0.457 e. The van der Waals surface area contributed by atoms with Crippen LogP contribution in [-0.2, 0) is 11.3 Å². The maximum absolute atomic E-state index is 13.4. The molecule has 21 heavy (non-hydrogen) atoms. The second-order valence-corrected chi connectivity index (χ2v) is 5.21. The first-order chi connectivity index (χ1) is 10.1. The van der Waals surface area contributed by atoms with Gasteiger partial charge in [-0.15, -0.1) is 11.3 Å². The van der Waals surface area contributed by atoms with Crippen LogP contribution in [0.4, 0.5) is 8.78 Å². The summed E-state index contributed by atoms with van der Waals surface area (Å²) in [6.45, 7) is -0.459. The van der Waals surface area contributed by atoms with Crippen molar-refractivity contribution in [1.29, 1.82) is 0 Å². The van der Waals surface area contributed by atoms with E-state index in [2.05, 4.69) is 4.98 Å². The normalized spacial score (nSPS) is 10.8. The van der Waals surface area contributed by atoms with Crippen molar-refractivity contribution in [2.45, 2.75) is 6.61 Å². The van der Waals surface area contributed by atoms with Gasteiger partial charge in [0.05, 0.1) is 11.1 Å². The molecule has 0 atom stereocenters. The third-order valence-electron chi connectivity index (χ3n) is 2.95. The molecule has 0 amide bonds. The Kier molecular flexibility index (Phi) is 3.62. The molecule has 0 unspecified atom stereocenters. The standard InChI is InChI=1S/C15H9F2NO2S/c16-12-2-1-3-13(17)11(12)8-20-15(19)10-6-9-4-5-21-14(9)18-7-10/h1-7H,8H2. The van der Waals surface area contributed by atoms with Gasteiger partial charge in [0.25, 0.3) is 0 Å². The molecular formula is C15H9F2NO2S. The van der Waals surface area contributed by atoms with Gasteiger partial charge in [-0.05, 0) is 29.6 Å². The second-order valence-electron chi connectivity index (χ2n) is 4.32. The number of hydrogen-bond acceptors (Lipinski definition) is 4. The van der Waals surface area contributed by atoms with Gasteiger partial charge in [0, 0.05) is 11.6 Å². The zero-order chi connectivity index (χ0) is 14.8. The van der Waals surface area contributed by atoms with Gasteiger partial charge in [0.15, 0.2) is 0 Å². The molecule has 6 heteroatoms. The molecule has 0 bridgehead atoms. The highest BCUT2D eigenvalue weighted by Gasteiger charge is 2.13. The number of benzene rings is 1. The van der Waals surface area contributed by atoms with Crippen LogP contribution in [-0.4, -0.2) is 11.0 Å². The number of thiophene rings is 1. The predicted molar refractivity (Wildman–Crippen MR) is 75.1 cm³/mol. The second kappa shape index (κ2) is 5.57. The number of carbonyl (C=O) groups is 1. The molecule has 0 aliphatic rings. The van der Waals surface area contributed by atoms with Crippen LogP contribution in [0.3, 0.4) is 0 Å². The third-order valence-corrected chi connectivity index (χ3v) is 3.79. The lowest BCUT2D eigenvalue weighted by molar-refractivity contribution is 0.0464. The molecule has 0 spiro atoms. The summed E-state index contributed by atoms with van der Waals surface area (Å²) in [7, 11) is 0. The molecule has 0 saturated carbocycles. The van der Waals surface area contributed by atoms with Crippen molar-refractivity contribution in [2.75, 3.05) is 0 Å². The SMILES string of the molecule is O=C(OCc1c(F)cccc1F)c1cnc2sccc2c1. The van der Waals surface area contributed by atoms with E-state index in [0.717, 1.165) is 22.3 Å². The van der Waals surface area contributed by atoms with Crippen LogP contribution in [0.2, 0.25) is 0 Å². The highest BCUT2D eigenvalue weighted by molar-refractivity contribution is 7.16. The van der Waals surface area contributed by atoms with Gasteiger partial charge in [-0.25, -0.2) is 18.6 Å². The van der Waals surface area contributed by atoms with Crippen LogP contribution in [0.15, 0.2) is 41.9 Å². The van der Waals surface area contributed by atoms with Gasteiger partial charge in [0.1, 0.15) is 23.1 Å². The number of rotatable bonds is 3. The topological polar surface area (TPSA) is 39.2 Å². The van der Waals surface area contributed by atoms with Crippen molar-refractivity contribution in [3.8, 4) is 0 Å².